The van der Waals surface area contributed by atoms with Crippen LogP contribution in [0.4, 0.5) is 0 Å². The maximum Gasteiger partial charge on any atom is 0.120 e. The van der Waals surface area contributed by atoms with E-state index in [1.807, 2.05) is 36.4 Å². The van der Waals surface area contributed by atoms with Crippen molar-refractivity contribution >= 4 is 10.8 Å². The van der Waals surface area contributed by atoms with E-state index in [9.17, 15) is 0 Å². The monoisotopic (exact) mass is 282 g/mol. The van der Waals surface area contributed by atoms with E-state index in [1.165, 1.54) is 0 Å². The maximum atomic E-state index is 8.96. The summed E-state index contributed by atoms with van der Waals surface area (Å²) in [5.74, 6) is 0.853. The molecule has 0 saturated carbocycles. The molecule has 0 aliphatic carbocycles. The Morgan fingerprint density at radius 1 is 1.10 bits per heavy atom. The zero-order valence-corrected chi connectivity index (χ0v) is 11.9. The van der Waals surface area contributed by atoms with E-state index in [0.717, 1.165) is 49.4 Å². The summed E-state index contributed by atoms with van der Waals surface area (Å²) in [5, 5.41) is 11.1. The van der Waals surface area contributed by atoms with Crippen molar-refractivity contribution in [2.45, 2.75) is 0 Å². The van der Waals surface area contributed by atoms with Gasteiger partial charge >= 0.3 is 0 Å². The third-order valence-corrected chi connectivity index (χ3v) is 3.72. The minimum atomic E-state index is 0.670. The predicted molar refractivity (Wildman–Crippen MR) is 81.4 cm³/mol. The lowest BCUT2D eigenvalue weighted by Gasteiger charge is -2.26. The standard InChI is InChI=1S/C17H18N2O2/c18-13-14-1-2-15-3-4-17(12-16(15)11-14)21-10-7-19-5-8-20-9-6-19/h1-4,11-12H,5-10H2. The lowest BCUT2D eigenvalue weighted by Crippen LogP contribution is -2.38. The number of hydrogen-bond donors (Lipinski definition) is 0. The van der Waals surface area contributed by atoms with Gasteiger partial charge in [0.15, 0.2) is 0 Å². The van der Waals surface area contributed by atoms with Crippen LogP contribution >= 0.6 is 0 Å². The van der Waals surface area contributed by atoms with Gasteiger partial charge in [-0.25, -0.2) is 0 Å². The summed E-state index contributed by atoms with van der Waals surface area (Å²) in [6.45, 7) is 5.17. The third kappa shape index (κ3) is 3.52. The molecule has 1 aliphatic rings. The molecule has 0 amide bonds. The van der Waals surface area contributed by atoms with Crippen LogP contribution in [-0.4, -0.2) is 44.4 Å². The lowest BCUT2D eigenvalue weighted by atomic mass is 10.1. The van der Waals surface area contributed by atoms with E-state index < -0.39 is 0 Å². The number of nitriles is 1. The molecule has 1 saturated heterocycles. The highest BCUT2D eigenvalue weighted by molar-refractivity contribution is 5.85. The molecule has 2 aromatic carbocycles. The van der Waals surface area contributed by atoms with Gasteiger partial charge in [0, 0.05) is 19.6 Å². The van der Waals surface area contributed by atoms with Gasteiger partial charge in [0.25, 0.3) is 0 Å². The molecule has 108 valence electrons. The van der Waals surface area contributed by atoms with Crippen LogP contribution in [0.1, 0.15) is 5.56 Å². The van der Waals surface area contributed by atoms with Crippen LogP contribution in [0.5, 0.6) is 5.75 Å². The van der Waals surface area contributed by atoms with Crippen LogP contribution in [0.15, 0.2) is 36.4 Å². The molecule has 4 heteroatoms. The second-order valence-electron chi connectivity index (χ2n) is 5.14. The molecule has 0 N–H and O–H groups in total. The highest BCUT2D eigenvalue weighted by Crippen LogP contribution is 2.22. The van der Waals surface area contributed by atoms with Crippen LogP contribution in [0, 0.1) is 11.3 Å². The number of hydrogen-bond acceptors (Lipinski definition) is 4. The van der Waals surface area contributed by atoms with E-state index in [4.69, 9.17) is 14.7 Å². The topological polar surface area (TPSA) is 45.5 Å². The molecular formula is C17H18N2O2. The third-order valence-electron chi connectivity index (χ3n) is 3.72. The zero-order chi connectivity index (χ0) is 14.5. The Kier molecular flexibility index (Phi) is 4.34. The number of morpholine rings is 1. The van der Waals surface area contributed by atoms with Crippen molar-refractivity contribution in [2.24, 2.45) is 0 Å². The van der Waals surface area contributed by atoms with Crippen molar-refractivity contribution in [3.63, 3.8) is 0 Å². The maximum absolute atomic E-state index is 8.96. The van der Waals surface area contributed by atoms with E-state index in [-0.39, 0.29) is 0 Å². The normalized spacial score (nSPS) is 15.8. The Hall–Kier alpha value is -2.09. The highest BCUT2D eigenvalue weighted by atomic mass is 16.5. The molecule has 0 aromatic heterocycles. The molecule has 0 bridgehead atoms. The summed E-state index contributed by atoms with van der Waals surface area (Å²) in [6, 6.07) is 13.9. The Bertz CT molecular complexity index is 657. The fraction of sp³-hybridized carbons (Fsp3) is 0.353. The van der Waals surface area contributed by atoms with Gasteiger partial charge in [-0.15, -0.1) is 0 Å². The molecule has 0 unspecified atom stereocenters. The number of rotatable bonds is 4. The predicted octanol–water partition coefficient (Wildman–Crippen LogP) is 2.42. The Morgan fingerprint density at radius 2 is 1.90 bits per heavy atom. The average Bonchev–Trinajstić information content (AvgIpc) is 2.55. The van der Waals surface area contributed by atoms with E-state index >= 15 is 0 Å². The van der Waals surface area contributed by atoms with Crippen LogP contribution < -0.4 is 4.74 Å². The second-order valence-corrected chi connectivity index (χ2v) is 5.14. The molecule has 0 spiro atoms. The van der Waals surface area contributed by atoms with Gasteiger partial charge in [-0.2, -0.15) is 5.26 Å². The summed E-state index contributed by atoms with van der Waals surface area (Å²) in [4.78, 5) is 2.35. The van der Waals surface area contributed by atoms with E-state index in [2.05, 4.69) is 11.0 Å². The van der Waals surface area contributed by atoms with E-state index in [1.54, 1.807) is 0 Å². The summed E-state index contributed by atoms with van der Waals surface area (Å²) < 4.78 is 11.2. The van der Waals surface area contributed by atoms with Crippen molar-refractivity contribution in [1.29, 1.82) is 5.26 Å². The first-order chi connectivity index (χ1) is 10.3. The van der Waals surface area contributed by atoms with Crippen molar-refractivity contribution in [2.75, 3.05) is 39.5 Å². The fourth-order valence-corrected chi connectivity index (χ4v) is 2.50. The minimum absolute atomic E-state index is 0.670. The Labute approximate surface area is 124 Å². The first kappa shape index (κ1) is 13.9. The quantitative estimate of drug-likeness (QED) is 0.864. The molecule has 1 aliphatic heterocycles. The van der Waals surface area contributed by atoms with Crippen LogP contribution in [0.25, 0.3) is 10.8 Å². The van der Waals surface area contributed by atoms with Crippen molar-refractivity contribution in [1.82, 2.24) is 4.90 Å². The van der Waals surface area contributed by atoms with Gasteiger partial charge in [-0.05, 0) is 35.0 Å². The molecule has 0 atom stereocenters. The summed E-state index contributed by atoms with van der Waals surface area (Å²) in [7, 11) is 0. The molecule has 2 aromatic rings. The van der Waals surface area contributed by atoms with Crippen LogP contribution in [0.2, 0.25) is 0 Å². The highest BCUT2D eigenvalue weighted by Gasteiger charge is 2.09. The van der Waals surface area contributed by atoms with Gasteiger partial charge in [-0.3, -0.25) is 4.90 Å². The Morgan fingerprint density at radius 3 is 2.71 bits per heavy atom. The first-order valence-electron chi connectivity index (χ1n) is 7.22. The van der Waals surface area contributed by atoms with Gasteiger partial charge in [-0.1, -0.05) is 12.1 Å². The number of benzene rings is 2. The zero-order valence-electron chi connectivity index (χ0n) is 11.9. The summed E-state index contributed by atoms with van der Waals surface area (Å²) >= 11 is 0. The summed E-state index contributed by atoms with van der Waals surface area (Å²) in [5.41, 5.74) is 0.674. The number of nitrogens with zero attached hydrogens (tertiary/aromatic N) is 2. The SMILES string of the molecule is N#Cc1ccc2ccc(OCCN3CCOCC3)cc2c1. The molecule has 3 rings (SSSR count). The van der Waals surface area contributed by atoms with Gasteiger partial charge < -0.3 is 9.47 Å². The van der Waals surface area contributed by atoms with E-state index in [0.29, 0.717) is 12.2 Å². The van der Waals surface area contributed by atoms with Crippen LogP contribution in [0.3, 0.4) is 0 Å². The lowest BCUT2D eigenvalue weighted by molar-refractivity contribution is 0.0322. The minimum Gasteiger partial charge on any atom is -0.492 e. The first-order valence-corrected chi connectivity index (χ1v) is 7.22. The second kappa shape index (κ2) is 6.57. The molecule has 1 heterocycles. The number of fused-ring (bicyclic) bond motifs is 1. The average molecular weight is 282 g/mol. The van der Waals surface area contributed by atoms with Gasteiger partial charge in [0.2, 0.25) is 0 Å². The molecule has 0 radical (unpaired) electrons. The largest absolute Gasteiger partial charge is 0.492 e. The molecule has 21 heavy (non-hydrogen) atoms. The van der Waals surface area contributed by atoms with Gasteiger partial charge in [0.05, 0.1) is 24.8 Å². The smallest absolute Gasteiger partial charge is 0.120 e. The molecule has 1 fully saturated rings. The Balaban J connectivity index is 1.62. The molecular weight excluding hydrogens is 264 g/mol. The number of ether oxygens (including phenoxy) is 2. The fourth-order valence-electron chi connectivity index (χ4n) is 2.50. The van der Waals surface area contributed by atoms with Crippen molar-refractivity contribution in [3.8, 4) is 11.8 Å². The van der Waals surface area contributed by atoms with Crippen molar-refractivity contribution in [3.05, 3.63) is 42.0 Å². The van der Waals surface area contributed by atoms with Crippen molar-refractivity contribution < 1.29 is 9.47 Å². The summed E-state index contributed by atoms with van der Waals surface area (Å²) in [6.07, 6.45) is 0. The van der Waals surface area contributed by atoms with Crippen LogP contribution in [-0.2, 0) is 4.74 Å². The molecule has 4 nitrogen and oxygen atoms in total. The van der Waals surface area contributed by atoms with Gasteiger partial charge in [0.1, 0.15) is 12.4 Å².